The van der Waals surface area contributed by atoms with Crippen molar-refractivity contribution in [2.75, 3.05) is 18.6 Å². The first-order valence-electron chi connectivity index (χ1n) is 5.88. The number of hydrogen-bond acceptors (Lipinski definition) is 4. The quantitative estimate of drug-likeness (QED) is 0.619. The molecule has 0 aromatic carbocycles. The predicted molar refractivity (Wildman–Crippen MR) is 68.2 cm³/mol. The molecule has 1 heterocycles. The summed E-state index contributed by atoms with van der Waals surface area (Å²) in [6, 6.07) is -0.540. The van der Waals surface area contributed by atoms with Gasteiger partial charge in [0.25, 0.3) is 0 Å². The molecule has 0 aromatic heterocycles. The molecule has 98 valence electrons. The number of aliphatic carboxylic acids is 1. The second-order valence-corrected chi connectivity index (χ2v) is 5.22. The molecular weight excluding hydrogens is 240 g/mol. The van der Waals surface area contributed by atoms with Gasteiger partial charge >= 0.3 is 5.97 Å². The van der Waals surface area contributed by atoms with E-state index in [0.29, 0.717) is 12.8 Å². The Morgan fingerprint density at radius 2 is 2.35 bits per heavy atom. The molecule has 1 amide bonds. The minimum Gasteiger partial charge on any atom is -0.480 e. The van der Waals surface area contributed by atoms with Crippen molar-refractivity contribution in [2.24, 2.45) is 0 Å². The van der Waals surface area contributed by atoms with Crippen LogP contribution in [0.2, 0.25) is 0 Å². The molecule has 1 unspecified atom stereocenters. The van der Waals surface area contributed by atoms with Gasteiger partial charge in [-0.3, -0.25) is 4.79 Å². The van der Waals surface area contributed by atoms with Gasteiger partial charge in [-0.1, -0.05) is 0 Å². The van der Waals surface area contributed by atoms with Gasteiger partial charge in [0.2, 0.25) is 5.91 Å². The third-order valence-electron chi connectivity index (χ3n) is 2.84. The lowest BCUT2D eigenvalue weighted by Crippen LogP contribution is -2.43. The summed E-state index contributed by atoms with van der Waals surface area (Å²) in [7, 11) is 0. The van der Waals surface area contributed by atoms with Crippen molar-refractivity contribution in [3.63, 3.8) is 0 Å². The molecule has 0 aliphatic carbocycles. The van der Waals surface area contributed by atoms with Gasteiger partial charge in [-0.15, -0.1) is 0 Å². The normalized spacial score (nSPS) is 21.1. The second-order valence-electron chi connectivity index (χ2n) is 4.24. The van der Waals surface area contributed by atoms with E-state index in [1.54, 1.807) is 11.8 Å². The highest BCUT2D eigenvalue weighted by atomic mass is 32.2. The highest BCUT2D eigenvalue weighted by Crippen LogP contribution is 2.09. The molecule has 0 saturated carbocycles. The summed E-state index contributed by atoms with van der Waals surface area (Å²) in [4.78, 5) is 22.6. The van der Waals surface area contributed by atoms with Crippen LogP contribution in [0.25, 0.3) is 0 Å². The van der Waals surface area contributed by atoms with Crippen molar-refractivity contribution in [3.8, 4) is 0 Å². The van der Waals surface area contributed by atoms with Gasteiger partial charge in [-0.2, -0.15) is 11.8 Å². The van der Waals surface area contributed by atoms with E-state index in [9.17, 15) is 9.59 Å². The molecule has 1 saturated heterocycles. The number of hydrogen-bond donors (Lipinski definition) is 3. The van der Waals surface area contributed by atoms with Crippen LogP contribution in [-0.4, -0.2) is 47.6 Å². The summed E-state index contributed by atoms with van der Waals surface area (Å²) >= 11 is 1.58. The molecule has 3 N–H and O–H groups in total. The Balaban J connectivity index is 2.32. The fraction of sp³-hybridized carbons (Fsp3) is 0.818. The number of carboxylic acid groups (broad SMARTS) is 1. The lowest BCUT2D eigenvalue weighted by atomic mass is 10.1. The highest BCUT2D eigenvalue weighted by molar-refractivity contribution is 7.98. The smallest absolute Gasteiger partial charge is 0.326 e. The molecule has 17 heavy (non-hydrogen) atoms. The van der Waals surface area contributed by atoms with E-state index in [-0.39, 0.29) is 11.9 Å². The molecule has 1 rings (SSSR count). The largest absolute Gasteiger partial charge is 0.480 e. The first-order valence-corrected chi connectivity index (χ1v) is 7.27. The van der Waals surface area contributed by atoms with Gasteiger partial charge < -0.3 is 15.7 Å². The Hall–Kier alpha value is -0.750. The number of rotatable bonds is 7. The Kier molecular flexibility index (Phi) is 6.36. The van der Waals surface area contributed by atoms with Crippen LogP contribution >= 0.6 is 11.8 Å². The van der Waals surface area contributed by atoms with Crippen LogP contribution in [0.1, 0.15) is 25.7 Å². The number of thioether (sulfide) groups is 1. The maximum atomic E-state index is 11.7. The number of nitrogens with one attached hydrogen (secondary N) is 2. The summed E-state index contributed by atoms with van der Waals surface area (Å²) < 4.78 is 0. The van der Waals surface area contributed by atoms with Crippen LogP contribution in [0.15, 0.2) is 0 Å². The van der Waals surface area contributed by atoms with Crippen LogP contribution in [0.4, 0.5) is 0 Å². The molecule has 5 nitrogen and oxygen atoms in total. The van der Waals surface area contributed by atoms with E-state index >= 15 is 0 Å². The van der Waals surface area contributed by atoms with E-state index < -0.39 is 12.0 Å². The van der Waals surface area contributed by atoms with Crippen molar-refractivity contribution in [2.45, 2.75) is 37.8 Å². The lowest BCUT2D eigenvalue weighted by molar-refractivity contribution is -0.141. The SMILES string of the molecule is CSCC[C@@H](NC(=O)CC1CCCN1)C(=O)O. The van der Waals surface area contributed by atoms with E-state index in [1.165, 1.54) is 0 Å². The fourth-order valence-electron chi connectivity index (χ4n) is 1.90. The van der Waals surface area contributed by atoms with Gasteiger partial charge in [0.05, 0.1) is 0 Å². The predicted octanol–water partition coefficient (Wildman–Crippen LogP) is 0.451. The summed E-state index contributed by atoms with van der Waals surface area (Å²) in [6.07, 6.45) is 4.86. The van der Waals surface area contributed by atoms with E-state index in [4.69, 9.17) is 5.11 Å². The van der Waals surface area contributed by atoms with Crippen LogP contribution in [0.3, 0.4) is 0 Å². The minimum absolute atomic E-state index is 0.169. The first-order chi connectivity index (χ1) is 8.13. The molecule has 6 heteroatoms. The van der Waals surface area contributed by atoms with Gasteiger partial charge in [0, 0.05) is 12.5 Å². The highest BCUT2D eigenvalue weighted by Gasteiger charge is 2.22. The molecule has 0 aromatic rings. The van der Waals surface area contributed by atoms with Gasteiger partial charge in [-0.25, -0.2) is 4.79 Å². The van der Waals surface area contributed by atoms with Gasteiger partial charge in [0.15, 0.2) is 0 Å². The van der Waals surface area contributed by atoms with E-state index in [2.05, 4.69) is 10.6 Å². The Morgan fingerprint density at radius 1 is 1.59 bits per heavy atom. The minimum atomic E-state index is -0.952. The Labute approximate surface area is 106 Å². The van der Waals surface area contributed by atoms with Crippen LogP contribution in [0.5, 0.6) is 0 Å². The van der Waals surface area contributed by atoms with Crippen molar-refractivity contribution in [1.82, 2.24) is 10.6 Å². The Morgan fingerprint density at radius 3 is 2.88 bits per heavy atom. The zero-order chi connectivity index (χ0) is 12.7. The molecule has 0 spiro atoms. The molecular formula is C11H20N2O3S. The van der Waals surface area contributed by atoms with Gasteiger partial charge in [0.1, 0.15) is 6.04 Å². The van der Waals surface area contributed by atoms with Crippen molar-refractivity contribution < 1.29 is 14.7 Å². The summed E-state index contributed by atoms with van der Waals surface area (Å²) in [5.74, 6) is -0.386. The average molecular weight is 260 g/mol. The summed E-state index contributed by atoms with van der Waals surface area (Å²) in [6.45, 7) is 0.951. The lowest BCUT2D eigenvalue weighted by Gasteiger charge is -2.16. The monoisotopic (exact) mass is 260 g/mol. The first kappa shape index (κ1) is 14.3. The maximum absolute atomic E-state index is 11.7. The van der Waals surface area contributed by atoms with Crippen molar-refractivity contribution in [1.29, 1.82) is 0 Å². The van der Waals surface area contributed by atoms with E-state index in [0.717, 1.165) is 25.1 Å². The summed E-state index contributed by atoms with van der Waals surface area (Å²) in [5, 5.41) is 14.8. The Bertz CT molecular complexity index is 267. The van der Waals surface area contributed by atoms with E-state index in [1.807, 2.05) is 6.26 Å². The topological polar surface area (TPSA) is 78.4 Å². The molecule has 1 aliphatic rings. The maximum Gasteiger partial charge on any atom is 0.326 e. The number of carbonyl (C=O) groups is 2. The average Bonchev–Trinajstić information content (AvgIpc) is 2.76. The standard InChI is InChI=1S/C11H20N2O3S/c1-17-6-4-9(11(15)16)13-10(14)7-8-3-2-5-12-8/h8-9,12H,2-7H2,1H3,(H,13,14)(H,15,16)/t8?,9-/m1/s1. The fourth-order valence-corrected chi connectivity index (χ4v) is 2.37. The number of carboxylic acids is 1. The molecule has 1 aliphatic heterocycles. The zero-order valence-electron chi connectivity index (χ0n) is 10.1. The number of amides is 1. The molecule has 2 atom stereocenters. The molecule has 1 fully saturated rings. The third kappa shape index (κ3) is 5.41. The molecule has 0 radical (unpaired) electrons. The van der Waals surface area contributed by atoms with Crippen LogP contribution in [0, 0.1) is 0 Å². The van der Waals surface area contributed by atoms with Crippen molar-refractivity contribution in [3.05, 3.63) is 0 Å². The van der Waals surface area contributed by atoms with Crippen LogP contribution in [-0.2, 0) is 9.59 Å². The third-order valence-corrected chi connectivity index (χ3v) is 3.48. The van der Waals surface area contributed by atoms with Crippen LogP contribution < -0.4 is 10.6 Å². The van der Waals surface area contributed by atoms with Crippen molar-refractivity contribution >= 4 is 23.6 Å². The summed E-state index contributed by atoms with van der Waals surface area (Å²) in [5.41, 5.74) is 0. The number of carbonyl (C=O) groups excluding carboxylic acids is 1. The zero-order valence-corrected chi connectivity index (χ0v) is 10.9. The molecule has 0 bridgehead atoms. The second kappa shape index (κ2) is 7.55. The van der Waals surface area contributed by atoms with Gasteiger partial charge in [-0.05, 0) is 37.8 Å².